The van der Waals surface area contributed by atoms with Crippen molar-refractivity contribution in [2.24, 2.45) is 0 Å². The van der Waals surface area contributed by atoms with Crippen LogP contribution in [0.15, 0.2) is 36.5 Å². The Morgan fingerprint density at radius 3 is 2.72 bits per heavy atom. The minimum Gasteiger partial charge on any atom is -0.459 e. The van der Waals surface area contributed by atoms with Gasteiger partial charge in [0, 0.05) is 41.9 Å². The van der Waals surface area contributed by atoms with Crippen LogP contribution in [0.5, 0.6) is 0 Å². The predicted molar refractivity (Wildman–Crippen MR) is 115 cm³/mol. The largest absolute Gasteiger partial charge is 0.459 e. The van der Waals surface area contributed by atoms with E-state index in [0.717, 1.165) is 46.1 Å². The number of thiazole rings is 1. The maximum atomic E-state index is 12.8. The second kappa shape index (κ2) is 8.00. The smallest absolute Gasteiger partial charge is 0.338 e. The molecule has 4 heterocycles. The summed E-state index contributed by atoms with van der Waals surface area (Å²) < 4.78 is 13.1. The van der Waals surface area contributed by atoms with E-state index in [1.807, 2.05) is 32.2 Å². The summed E-state index contributed by atoms with van der Waals surface area (Å²) in [5, 5.41) is 2.91. The average molecular weight is 412 g/mol. The van der Waals surface area contributed by atoms with Crippen LogP contribution in [0.3, 0.4) is 0 Å². The third-order valence-corrected chi connectivity index (χ3v) is 5.87. The first-order valence-corrected chi connectivity index (χ1v) is 10.6. The van der Waals surface area contributed by atoms with Gasteiger partial charge in [-0.2, -0.15) is 0 Å². The molecule has 7 heteroatoms. The Labute approximate surface area is 174 Å². The van der Waals surface area contributed by atoms with Gasteiger partial charge in [-0.3, -0.25) is 0 Å². The molecule has 0 saturated carbocycles. The molecule has 3 aromatic heterocycles. The molecule has 1 fully saturated rings. The molecule has 1 aliphatic rings. The maximum Gasteiger partial charge on any atom is 0.338 e. The molecule has 0 aliphatic carbocycles. The normalized spacial score (nSPS) is 14.6. The van der Waals surface area contributed by atoms with E-state index in [9.17, 15) is 4.79 Å². The van der Waals surface area contributed by atoms with Gasteiger partial charge in [0.2, 0.25) is 0 Å². The molecule has 152 valence electrons. The van der Waals surface area contributed by atoms with Crippen LogP contribution in [-0.2, 0) is 9.47 Å². The molecule has 0 unspecified atom stereocenters. The van der Waals surface area contributed by atoms with E-state index in [0.29, 0.717) is 18.8 Å². The van der Waals surface area contributed by atoms with Gasteiger partial charge < -0.3 is 18.8 Å². The van der Waals surface area contributed by atoms with Crippen molar-refractivity contribution in [3.63, 3.8) is 0 Å². The lowest BCUT2D eigenvalue weighted by atomic mass is 10.0. The van der Waals surface area contributed by atoms with Gasteiger partial charge in [0.05, 0.1) is 36.3 Å². The third-order valence-electron chi connectivity index (χ3n) is 5.05. The maximum absolute atomic E-state index is 12.8. The summed E-state index contributed by atoms with van der Waals surface area (Å²) in [6.45, 7) is 13.0. The summed E-state index contributed by atoms with van der Waals surface area (Å²) in [5.41, 5.74) is 5.17. The fourth-order valence-corrected chi connectivity index (χ4v) is 4.28. The molecule has 0 N–H and O–H groups in total. The molecule has 1 saturated heterocycles. The van der Waals surface area contributed by atoms with E-state index in [-0.39, 0.29) is 12.1 Å². The van der Waals surface area contributed by atoms with E-state index in [1.165, 1.54) is 0 Å². The second-order valence-corrected chi connectivity index (χ2v) is 8.29. The van der Waals surface area contributed by atoms with Gasteiger partial charge in [0.25, 0.3) is 0 Å². The lowest BCUT2D eigenvalue weighted by Gasteiger charge is -2.31. The van der Waals surface area contributed by atoms with Crippen molar-refractivity contribution >= 4 is 28.5 Å². The zero-order valence-corrected chi connectivity index (χ0v) is 17.8. The van der Waals surface area contributed by atoms with Crippen LogP contribution < -0.4 is 0 Å². The third kappa shape index (κ3) is 3.80. The van der Waals surface area contributed by atoms with Crippen molar-refractivity contribution in [2.45, 2.75) is 26.9 Å². The van der Waals surface area contributed by atoms with E-state index >= 15 is 0 Å². The molecule has 0 amide bonds. The molecule has 0 spiro atoms. The standard InChI is InChI=1S/C22H25N3O3S/c1-14(2)28-22(26)19-12-18-11-17(21-23-5-10-29-21)13-25(18)20(15(19)3)16(4)24-6-8-27-9-7-24/h5,10-14H,4,6-9H2,1-3H3. The van der Waals surface area contributed by atoms with Gasteiger partial charge >= 0.3 is 5.97 Å². The SMILES string of the molecule is C=C(c1c(C)c(C(=O)OC(C)C)cc2cc(-c3nccs3)cn12)N1CCOCC1. The molecule has 29 heavy (non-hydrogen) atoms. The highest BCUT2D eigenvalue weighted by atomic mass is 32.1. The Hall–Kier alpha value is -2.64. The van der Waals surface area contributed by atoms with Crippen molar-refractivity contribution in [2.75, 3.05) is 26.3 Å². The Bertz CT molecular complexity index is 1050. The highest BCUT2D eigenvalue weighted by Gasteiger charge is 2.23. The summed E-state index contributed by atoms with van der Waals surface area (Å²) in [4.78, 5) is 19.4. The summed E-state index contributed by atoms with van der Waals surface area (Å²) in [5.74, 6) is -0.312. The Kier molecular flexibility index (Phi) is 5.43. The van der Waals surface area contributed by atoms with E-state index in [1.54, 1.807) is 17.5 Å². The molecule has 0 atom stereocenters. The number of hydrogen-bond acceptors (Lipinski definition) is 6. The monoisotopic (exact) mass is 411 g/mol. The quantitative estimate of drug-likeness (QED) is 0.588. The molecule has 1 aliphatic heterocycles. The first-order chi connectivity index (χ1) is 14.0. The van der Waals surface area contributed by atoms with Crippen LogP contribution in [0.1, 0.15) is 35.5 Å². The highest BCUT2D eigenvalue weighted by molar-refractivity contribution is 7.13. The van der Waals surface area contributed by atoms with Gasteiger partial charge in [0.1, 0.15) is 5.01 Å². The molecule has 4 rings (SSSR count). The fourth-order valence-electron chi connectivity index (χ4n) is 3.66. The van der Waals surface area contributed by atoms with Crippen molar-refractivity contribution < 1.29 is 14.3 Å². The summed E-state index contributed by atoms with van der Waals surface area (Å²) in [6.07, 6.45) is 3.69. The van der Waals surface area contributed by atoms with Crippen molar-refractivity contribution in [1.82, 2.24) is 14.3 Å². The Morgan fingerprint density at radius 1 is 1.31 bits per heavy atom. The number of fused-ring (bicyclic) bond motifs is 1. The van der Waals surface area contributed by atoms with Crippen LogP contribution in [-0.4, -0.2) is 52.7 Å². The molecule has 0 radical (unpaired) electrons. The van der Waals surface area contributed by atoms with Crippen LogP contribution in [0.4, 0.5) is 0 Å². The number of morpholine rings is 1. The molecule has 0 bridgehead atoms. The lowest BCUT2D eigenvalue weighted by Crippen LogP contribution is -2.35. The minimum atomic E-state index is -0.312. The summed E-state index contributed by atoms with van der Waals surface area (Å²) >= 11 is 1.59. The Morgan fingerprint density at radius 2 is 2.07 bits per heavy atom. The molecule has 6 nitrogen and oxygen atoms in total. The molecule has 3 aromatic rings. The number of rotatable bonds is 5. The second-order valence-electron chi connectivity index (χ2n) is 7.39. The summed E-state index contributed by atoms with van der Waals surface area (Å²) in [6, 6.07) is 3.95. The number of nitrogens with zero attached hydrogens (tertiary/aromatic N) is 3. The predicted octanol–water partition coefficient (Wildman–Crippen LogP) is 4.24. The number of carbonyl (C=O) groups is 1. The Balaban J connectivity index is 1.88. The first-order valence-electron chi connectivity index (χ1n) is 9.74. The summed E-state index contributed by atoms with van der Waals surface area (Å²) in [7, 11) is 0. The van der Waals surface area contributed by atoms with Crippen LogP contribution in [0, 0.1) is 6.92 Å². The number of carbonyl (C=O) groups excluding carboxylic acids is 1. The lowest BCUT2D eigenvalue weighted by molar-refractivity contribution is 0.0377. The number of hydrogen-bond donors (Lipinski definition) is 0. The molecule has 0 aromatic carbocycles. The van der Waals surface area contributed by atoms with Gasteiger partial charge in [-0.1, -0.05) is 6.58 Å². The van der Waals surface area contributed by atoms with Crippen LogP contribution in [0.25, 0.3) is 21.8 Å². The minimum absolute atomic E-state index is 0.179. The van der Waals surface area contributed by atoms with E-state index in [2.05, 4.69) is 33.1 Å². The number of aromatic nitrogens is 2. The van der Waals surface area contributed by atoms with E-state index in [4.69, 9.17) is 9.47 Å². The van der Waals surface area contributed by atoms with E-state index < -0.39 is 0 Å². The zero-order chi connectivity index (χ0) is 20.5. The molecular weight excluding hydrogens is 386 g/mol. The zero-order valence-electron chi connectivity index (χ0n) is 17.0. The van der Waals surface area contributed by atoms with Gasteiger partial charge in [-0.25, -0.2) is 9.78 Å². The highest BCUT2D eigenvalue weighted by Crippen LogP contribution is 2.32. The van der Waals surface area contributed by atoms with Gasteiger partial charge in [0.15, 0.2) is 0 Å². The van der Waals surface area contributed by atoms with Crippen molar-refractivity contribution in [3.8, 4) is 10.6 Å². The van der Waals surface area contributed by atoms with Crippen molar-refractivity contribution in [3.05, 3.63) is 53.3 Å². The van der Waals surface area contributed by atoms with Crippen molar-refractivity contribution in [1.29, 1.82) is 0 Å². The topological polar surface area (TPSA) is 56.1 Å². The van der Waals surface area contributed by atoms with Gasteiger partial charge in [-0.15, -0.1) is 11.3 Å². The van der Waals surface area contributed by atoms with Crippen LogP contribution in [0.2, 0.25) is 0 Å². The van der Waals surface area contributed by atoms with Crippen LogP contribution >= 0.6 is 11.3 Å². The number of esters is 1. The fraction of sp³-hybridized carbons (Fsp3) is 0.364. The number of ether oxygens (including phenoxy) is 2. The number of pyridine rings is 1. The average Bonchev–Trinajstić information content (AvgIpc) is 3.36. The van der Waals surface area contributed by atoms with Gasteiger partial charge in [-0.05, 0) is 38.5 Å². The first kappa shape index (κ1) is 19.7. The molecular formula is C22H25N3O3S.